The lowest BCUT2D eigenvalue weighted by molar-refractivity contribution is 0.300. The van der Waals surface area contributed by atoms with Gasteiger partial charge in [0, 0.05) is 6.04 Å². The minimum Gasteiger partial charge on any atom is -0.328 e. The average molecular weight is 172 g/mol. The molecule has 12 heavy (non-hydrogen) atoms. The summed E-state index contributed by atoms with van der Waals surface area (Å²) in [6.07, 6.45) is 2.39. The quantitative estimate of drug-likeness (QED) is 0.661. The van der Waals surface area contributed by atoms with E-state index in [1.807, 2.05) is 0 Å². The second-order valence-corrected chi connectivity index (χ2v) is 4.25. The second-order valence-electron chi connectivity index (χ2n) is 4.25. The summed E-state index contributed by atoms with van der Waals surface area (Å²) in [7, 11) is 2.17. The van der Waals surface area contributed by atoms with Crippen molar-refractivity contribution in [3.8, 4) is 0 Å². The summed E-state index contributed by atoms with van der Waals surface area (Å²) < 4.78 is 0. The standard InChI is InChI=1S/C10H24N2/c1-9(2)5-7-12(4)8-6-10(3)11/h9-10H,5-8,11H2,1-4H3. The van der Waals surface area contributed by atoms with Crippen LogP contribution in [0.2, 0.25) is 0 Å². The highest BCUT2D eigenvalue weighted by Gasteiger charge is 2.01. The van der Waals surface area contributed by atoms with Crippen LogP contribution in [0.15, 0.2) is 0 Å². The van der Waals surface area contributed by atoms with Crippen molar-refractivity contribution in [1.82, 2.24) is 4.90 Å². The smallest absolute Gasteiger partial charge is 0.00226 e. The van der Waals surface area contributed by atoms with Crippen LogP contribution in [-0.2, 0) is 0 Å². The molecule has 0 amide bonds. The second kappa shape index (κ2) is 6.44. The summed E-state index contributed by atoms with van der Waals surface area (Å²) >= 11 is 0. The molecule has 0 radical (unpaired) electrons. The van der Waals surface area contributed by atoms with Crippen molar-refractivity contribution >= 4 is 0 Å². The van der Waals surface area contributed by atoms with Crippen LogP contribution >= 0.6 is 0 Å². The molecule has 1 unspecified atom stereocenters. The van der Waals surface area contributed by atoms with Crippen LogP contribution in [0.1, 0.15) is 33.6 Å². The maximum Gasteiger partial charge on any atom is 0.00226 e. The molecule has 0 rings (SSSR count). The summed E-state index contributed by atoms with van der Waals surface area (Å²) in [5, 5.41) is 0. The van der Waals surface area contributed by atoms with Crippen molar-refractivity contribution in [3.05, 3.63) is 0 Å². The zero-order chi connectivity index (χ0) is 9.56. The lowest BCUT2D eigenvalue weighted by Crippen LogP contribution is -2.27. The van der Waals surface area contributed by atoms with Crippen LogP contribution in [0.25, 0.3) is 0 Å². The van der Waals surface area contributed by atoms with Gasteiger partial charge >= 0.3 is 0 Å². The number of nitrogens with zero attached hydrogens (tertiary/aromatic N) is 1. The largest absolute Gasteiger partial charge is 0.328 e. The summed E-state index contributed by atoms with van der Waals surface area (Å²) in [5.41, 5.74) is 5.67. The maximum absolute atomic E-state index is 5.67. The van der Waals surface area contributed by atoms with Gasteiger partial charge in [0.05, 0.1) is 0 Å². The molecule has 0 aromatic rings. The predicted octanol–water partition coefficient (Wildman–Crippen LogP) is 1.70. The van der Waals surface area contributed by atoms with Crippen molar-refractivity contribution in [2.24, 2.45) is 11.7 Å². The van der Waals surface area contributed by atoms with E-state index in [0.717, 1.165) is 18.9 Å². The number of hydrogen-bond donors (Lipinski definition) is 1. The molecule has 0 saturated heterocycles. The molecule has 2 N–H and O–H groups in total. The van der Waals surface area contributed by atoms with Gasteiger partial charge in [-0.15, -0.1) is 0 Å². The first kappa shape index (κ1) is 11.9. The number of hydrogen-bond acceptors (Lipinski definition) is 2. The minimum atomic E-state index is 0.339. The Morgan fingerprint density at radius 2 is 1.58 bits per heavy atom. The molecule has 2 heteroatoms. The highest BCUT2D eigenvalue weighted by atomic mass is 15.1. The molecule has 0 aliphatic rings. The number of rotatable bonds is 6. The first-order chi connectivity index (χ1) is 5.52. The Balaban J connectivity index is 3.27. The Bertz CT molecular complexity index is 88.0. The van der Waals surface area contributed by atoms with Crippen molar-refractivity contribution in [1.29, 1.82) is 0 Å². The van der Waals surface area contributed by atoms with Gasteiger partial charge in [-0.25, -0.2) is 0 Å². The van der Waals surface area contributed by atoms with E-state index in [4.69, 9.17) is 5.73 Å². The Morgan fingerprint density at radius 1 is 1.08 bits per heavy atom. The Labute approximate surface area is 77.1 Å². The van der Waals surface area contributed by atoms with Gasteiger partial charge in [0.2, 0.25) is 0 Å². The molecule has 1 atom stereocenters. The fourth-order valence-corrected chi connectivity index (χ4v) is 1.01. The van der Waals surface area contributed by atoms with Crippen LogP contribution in [0.4, 0.5) is 0 Å². The molecule has 0 saturated carbocycles. The summed E-state index contributed by atoms with van der Waals surface area (Å²) in [6.45, 7) is 8.92. The molecule has 0 spiro atoms. The first-order valence-corrected chi connectivity index (χ1v) is 4.96. The van der Waals surface area contributed by atoms with E-state index in [2.05, 4.69) is 32.7 Å². The third-order valence-corrected chi connectivity index (χ3v) is 2.05. The van der Waals surface area contributed by atoms with Crippen LogP contribution in [0.3, 0.4) is 0 Å². The third-order valence-electron chi connectivity index (χ3n) is 2.05. The lowest BCUT2D eigenvalue weighted by Gasteiger charge is -2.18. The average Bonchev–Trinajstić information content (AvgIpc) is 1.96. The van der Waals surface area contributed by atoms with Crippen molar-refractivity contribution < 1.29 is 0 Å². The molecule has 2 nitrogen and oxygen atoms in total. The van der Waals surface area contributed by atoms with Crippen molar-refractivity contribution in [3.63, 3.8) is 0 Å². The Hall–Kier alpha value is -0.0800. The number of nitrogens with two attached hydrogens (primary N) is 1. The molecule has 0 fully saturated rings. The van der Waals surface area contributed by atoms with Crippen molar-refractivity contribution in [2.45, 2.75) is 39.7 Å². The zero-order valence-corrected chi connectivity index (χ0v) is 9.01. The fraction of sp³-hybridized carbons (Fsp3) is 1.00. The predicted molar refractivity (Wildman–Crippen MR) is 55.2 cm³/mol. The van der Waals surface area contributed by atoms with Gasteiger partial charge in [-0.3, -0.25) is 0 Å². The molecule has 0 heterocycles. The van der Waals surface area contributed by atoms with Gasteiger partial charge in [-0.05, 0) is 45.8 Å². The first-order valence-electron chi connectivity index (χ1n) is 4.96. The molecular weight excluding hydrogens is 148 g/mol. The molecule has 0 aromatic heterocycles. The van der Waals surface area contributed by atoms with E-state index in [1.165, 1.54) is 13.0 Å². The van der Waals surface area contributed by atoms with E-state index in [-0.39, 0.29) is 0 Å². The fourth-order valence-electron chi connectivity index (χ4n) is 1.01. The van der Waals surface area contributed by atoms with Crippen LogP contribution in [0, 0.1) is 5.92 Å². The van der Waals surface area contributed by atoms with Gasteiger partial charge in [0.1, 0.15) is 0 Å². The zero-order valence-electron chi connectivity index (χ0n) is 9.01. The van der Waals surface area contributed by atoms with E-state index in [0.29, 0.717) is 6.04 Å². The van der Waals surface area contributed by atoms with Crippen LogP contribution in [-0.4, -0.2) is 31.1 Å². The van der Waals surface area contributed by atoms with E-state index < -0.39 is 0 Å². The molecule has 0 aliphatic heterocycles. The van der Waals surface area contributed by atoms with Gasteiger partial charge in [0.15, 0.2) is 0 Å². The molecule has 0 aromatic carbocycles. The molecule has 0 aliphatic carbocycles. The summed E-state index contributed by atoms with van der Waals surface area (Å²) in [5.74, 6) is 0.808. The minimum absolute atomic E-state index is 0.339. The molecule has 0 bridgehead atoms. The normalized spacial score (nSPS) is 14.2. The highest BCUT2D eigenvalue weighted by molar-refractivity contribution is 4.59. The van der Waals surface area contributed by atoms with E-state index in [9.17, 15) is 0 Å². The van der Waals surface area contributed by atoms with Gasteiger partial charge in [0.25, 0.3) is 0 Å². The van der Waals surface area contributed by atoms with Gasteiger partial charge < -0.3 is 10.6 Å². The highest BCUT2D eigenvalue weighted by Crippen LogP contribution is 2.01. The Kier molecular flexibility index (Phi) is 6.39. The Morgan fingerprint density at radius 3 is 2.00 bits per heavy atom. The SMILES string of the molecule is CC(C)CCN(C)CCC(C)N. The maximum atomic E-state index is 5.67. The topological polar surface area (TPSA) is 29.3 Å². The van der Waals surface area contributed by atoms with Gasteiger partial charge in [-0.2, -0.15) is 0 Å². The summed E-state index contributed by atoms with van der Waals surface area (Å²) in [4.78, 5) is 2.36. The third kappa shape index (κ3) is 8.02. The van der Waals surface area contributed by atoms with Crippen LogP contribution in [0.5, 0.6) is 0 Å². The molecular formula is C10H24N2. The monoisotopic (exact) mass is 172 g/mol. The van der Waals surface area contributed by atoms with Crippen LogP contribution < -0.4 is 5.73 Å². The van der Waals surface area contributed by atoms with Gasteiger partial charge in [-0.1, -0.05) is 13.8 Å². The summed E-state index contributed by atoms with van der Waals surface area (Å²) in [6, 6.07) is 0.339. The lowest BCUT2D eigenvalue weighted by atomic mass is 10.1. The van der Waals surface area contributed by atoms with E-state index >= 15 is 0 Å². The van der Waals surface area contributed by atoms with Crippen molar-refractivity contribution in [2.75, 3.05) is 20.1 Å². The van der Waals surface area contributed by atoms with E-state index in [1.54, 1.807) is 0 Å². The molecule has 74 valence electrons.